The molecule has 3 heteroatoms. The van der Waals surface area contributed by atoms with E-state index in [1.165, 1.54) is 47.1 Å². The van der Waals surface area contributed by atoms with Crippen molar-refractivity contribution in [3.05, 3.63) is 35.4 Å². The van der Waals surface area contributed by atoms with Gasteiger partial charge in [-0.15, -0.1) is 0 Å². The molecule has 2 heterocycles. The fraction of sp³-hybridized carbons (Fsp3) is 0.571. The second-order valence-corrected chi connectivity index (χ2v) is 7.08. The van der Waals surface area contributed by atoms with Crippen molar-refractivity contribution >= 4 is 23.5 Å². The fourth-order valence-corrected chi connectivity index (χ4v) is 5.02. The van der Waals surface area contributed by atoms with Gasteiger partial charge >= 0.3 is 0 Å². The molecule has 0 radical (unpaired) electrons. The molecule has 0 spiro atoms. The molecule has 0 aliphatic carbocycles. The van der Waals surface area contributed by atoms with E-state index in [2.05, 4.69) is 53.1 Å². The van der Waals surface area contributed by atoms with E-state index in [0.29, 0.717) is 6.04 Å². The van der Waals surface area contributed by atoms with Gasteiger partial charge in [0, 0.05) is 17.5 Å². The molecule has 0 aromatic heterocycles. The maximum Gasteiger partial charge on any atom is 0.0415 e. The van der Waals surface area contributed by atoms with E-state index >= 15 is 0 Å². The first-order valence-corrected chi connectivity index (χ1v) is 8.71. The van der Waals surface area contributed by atoms with E-state index in [1.807, 2.05) is 0 Å². The lowest BCUT2D eigenvalue weighted by Crippen LogP contribution is -2.31. The quantitative estimate of drug-likeness (QED) is 0.900. The first kappa shape index (κ1) is 11.9. The summed E-state index contributed by atoms with van der Waals surface area (Å²) in [5.41, 5.74) is 3.07. The van der Waals surface area contributed by atoms with Crippen LogP contribution in [0.5, 0.6) is 0 Å². The number of rotatable bonds is 3. The maximum atomic E-state index is 3.79. The third-order valence-corrected chi connectivity index (χ3v) is 5.97. The zero-order valence-electron chi connectivity index (χ0n) is 10.0. The Kier molecular flexibility index (Phi) is 3.99. The highest BCUT2D eigenvalue weighted by Gasteiger charge is 2.22. The van der Waals surface area contributed by atoms with E-state index in [-0.39, 0.29) is 0 Å². The number of fused-ring (bicyclic) bond motifs is 1. The summed E-state index contributed by atoms with van der Waals surface area (Å²) in [7, 11) is 0. The molecule has 2 unspecified atom stereocenters. The summed E-state index contributed by atoms with van der Waals surface area (Å²) < 4.78 is 0. The average molecular weight is 265 g/mol. The van der Waals surface area contributed by atoms with Crippen molar-refractivity contribution in [2.75, 3.05) is 23.8 Å². The third-order valence-electron chi connectivity index (χ3n) is 3.65. The average Bonchev–Trinajstić information content (AvgIpc) is 2.89. The van der Waals surface area contributed by atoms with Crippen LogP contribution in [0.4, 0.5) is 0 Å². The number of hydrogen-bond donors (Lipinski definition) is 1. The molecule has 1 nitrogen and oxygen atoms in total. The summed E-state index contributed by atoms with van der Waals surface area (Å²) >= 11 is 4.17. The number of hydrogen-bond acceptors (Lipinski definition) is 3. The Morgan fingerprint density at radius 2 is 2.12 bits per heavy atom. The van der Waals surface area contributed by atoms with Gasteiger partial charge in [0.2, 0.25) is 0 Å². The predicted molar refractivity (Wildman–Crippen MR) is 78.8 cm³/mol. The van der Waals surface area contributed by atoms with Gasteiger partial charge in [0.05, 0.1) is 0 Å². The molecule has 17 heavy (non-hydrogen) atoms. The van der Waals surface area contributed by atoms with Crippen LogP contribution in [0.3, 0.4) is 0 Å². The molecule has 1 saturated heterocycles. The molecule has 92 valence electrons. The molecule has 2 aliphatic heterocycles. The predicted octanol–water partition coefficient (Wildman–Crippen LogP) is 3.32. The van der Waals surface area contributed by atoms with E-state index in [4.69, 9.17) is 0 Å². The molecule has 0 saturated carbocycles. The van der Waals surface area contributed by atoms with Crippen LogP contribution in [0.25, 0.3) is 0 Å². The summed E-state index contributed by atoms with van der Waals surface area (Å²) in [6.45, 7) is 1.20. The van der Waals surface area contributed by atoms with Gasteiger partial charge in [-0.05, 0) is 41.5 Å². The van der Waals surface area contributed by atoms with Crippen LogP contribution < -0.4 is 5.32 Å². The molecular weight excluding hydrogens is 246 g/mol. The molecule has 2 aliphatic rings. The standard InChI is InChI=1S/C14H19NS2/c1-2-4-13-12(3-1)9-17-10-14(13)15-7-11-5-6-16-8-11/h1-4,11,14-15H,5-10H2. The summed E-state index contributed by atoms with van der Waals surface area (Å²) in [6, 6.07) is 9.50. The Morgan fingerprint density at radius 3 is 3.00 bits per heavy atom. The minimum absolute atomic E-state index is 0.579. The van der Waals surface area contributed by atoms with Crippen LogP contribution in [-0.2, 0) is 5.75 Å². The van der Waals surface area contributed by atoms with Crippen molar-refractivity contribution < 1.29 is 0 Å². The van der Waals surface area contributed by atoms with Crippen LogP contribution in [-0.4, -0.2) is 23.8 Å². The molecule has 2 atom stereocenters. The zero-order valence-corrected chi connectivity index (χ0v) is 11.7. The van der Waals surface area contributed by atoms with Gasteiger partial charge in [-0.2, -0.15) is 23.5 Å². The Hall–Kier alpha value is -0.120. The van der Waals surface area contributed by atoms with Gasteiger partial charge in [0.1, 0.15) is 0 Å². The summed E-state index contributed by atoms with van der Waals surface area (Å²) in [4.78, 5) is 0. The molecular formula is C14H19NS2. The minimum atomic E-state index is 0.579. The molecule has 1 N–H and O–H groups in total. The van der Waals surface area contributed by atoms with Gasteiger partial charge in [0.25, 0.3) is 0 Å². The molecule has 1 aromatic carbocycles. The highest BCUT2D eigenvalue weighted by atomic mass is 32.2. The Morgan fingerprint density at radius 1 is 1.18 bits per heavy atom. The lowest BCUT2D eigenvalue weighted by molar-refractivity contribution is 0.478. The first-order chi connectivity index (χ1) is 8.43. The lowest BCUT2D eigenvalue weighted by Gasteiger charge is -2.27. The smallest absolute Gasteiger partial charge is 0.0415 e. The molecule has 1 aromatic rings. The second-order valence-electron chi connectivity index (χ2n) is 4.90. The van der Waals surface area contributed by atoms with E-state index < -0.39 is 0 Å². The van der Waals surface area contributed by atoms with Gasteiger partial charge in [-0.25, -0.2) is 0 Å². The van der Waals surface area contributed by atoms with Crippen LogP contribution in [0.1, 0.15) is 23.6 Å². The molecule has 0 bridgehead atoms. The Bertz CT molecular complexity index is 374. The fourth-order valence-electron chi connectivity index (χ4n) is 2.60. The largest absolute Gasteiger partial charge is 0.309 e. The molecule has 3 rings (SSSR count). The third kappa shape index (κ3) is 2.83. The SMILES string of the molecule is c1ccc2c(c1)CSCC2NCC1CCSC1. The maximum absolute atomic E-state index is 3.79. The van der Waals surface area contributed by atoms with E-state index in [1.54, 1.807) is 0 Å². The van der Waals surface area contributed by atoms with Gasteiger partial charge in [0.15, 0.2) is 0 Å². The monoisotopic (exact) mass is 265 g/mol. The van der Waals surface area contributed by atoms with E-state index in [0.717, 1.165) is 5.92 Å². The van der Waals surface area contributed by atoms with Crippen LogP contribution in [0.15, 0.2) is 24.3 Å². The highest BCUT2D eigenvalue weighted by Crippen LogP contribution is 2.32. The minimum Gasteiger partial charge on any atom is -0.309 e. The Balaban J connectivity index is 1.64. The summed E-state index contributed by atoms with van der Waals surface area (Å²) in [5.74, 6) is 6.04. The Labute approximate surface area is 112 Å². The normalized spacial score (nSPS) is 28.0. The summed E-state index contributed by atoms with van der Waals surface area (Å²) in [6.07, 6.45) is 1.40. The lowest BCUT2D eigenvalue weighted by atomic mass is 10.0. The van der Waals surface area contributed by atoms with Crippen molar-refractivity contribution in [1.82, 2.24) is 5.32 Å². The highest BCUT2D eigenvalue weighted by molar-refractivity contribution is 7.99. The first-order valence-electron chi connectivity index (χ1n) is 6.40. The summed E-state index contributed by atoms with van der Waals surface area (Å²) in [5, 5.41) is 3.79. The molecule has 0 amide bonds. The number of nitrogens with one attached hydrogen (secondary N) is 1. The second kappa shape index (κ2) is 5.68. The number of benzene rings is 1. The topological polar surface area (TPSA) is 12.0 Å². The van der Waals surface area contributed by atoms with E-state index in [9.17, 15) is 0 Å². The van der Waals surface area contributed by atoms with Crippen LogP contribution in [0, 0.1) is 5.92 Å². The van der Waals surface area contributed by atoms with Crippen molar-refractivity contribution in [3.63, 3.8) is 0 Å². The number of thioether (sulfide) groups is 2. The van der Waals surface area contributed by atoms with Gasteiger partial charge in [-0.3, -0.25) is 0 Å². The van der Waals surface area contributed by atoms with Crippen molar-refractivity contribution in [1.29, 1.82) is 0 Å². The zero-order chi connectivity index (χ0) is 11.5. The van der Waals surface area contributed by atoms with Gasteiger partial charge < -0.3 is 5.32 Å². The van der Waals surface area contributed by atoms with Crippen molar-refractivity contribution in [3.8, 4) is 0 Å². The van der Waals surface area contributed by atoms with Crippen molar-refractivity contribution in [2.24, 2.45) is 5.92 Å². The molecule has 1 fully saturated rings. The van der Waals surface area contributed by atoms with Gasteiger partial charge in [-0.1, -0.05) is 24.3 Å². The van der Waals surface area contributed by atoms with Crippen LogP contribution >= 0.6 is 23.5 Å². The van der Waals surface area contributed by atoms with Crippen molar-refractivity contribution in [2.45, 2.75) is 18.2 Å². The van der Waals surface area contributed by atoms with Crippen LogP contribution in [0.2, 0.25) is 0 Å².